The molecule has 0 saturated heterocycles. The Balaban J connectivity index is 2.80. The molecule has 5 nitrogen and oxygen atoms in total. The molecule has 0 saturated carbocycles. The van der Waals surface area contributed by atoms with E-state index in [9.17, 15) is 18.0 Å². The average molecular weight is 402 g/mol. The fourth-order valence-electron chi connectivity index (χ4n) is 2.53. The second kappa shape index (κ2) is 11.7. The molecule has 8 heteroatoms. The van der Waals surface area contributed by atoms with Gasteiger partial charge >= 0.3 is 6.18 Å². The van der Waals surface area contributed by atoms with Gasteiger partial charge in [0.1, 0.15) is 5.75 Å². The lowest BCUT2D eigenvalue weighted by Crippen LogP contribution is -2.40. The van der Waals surface area contributed by atoms with Crippen LogP contribution in [0, 0.1) is 11.3 Å². The number of amides is 1. The van der Waals surface area contributed by atoms with Gasteiger partial charge in [-0.15, -0.1) is 0 Å². The Morgan fingerprint density at radius 1 is 1.29 bits per heavy atom. The van der Waals surface area contributed by atoms with Crippen LogP contribution in [0.4, 0.5) is 13.2 Å². The summed E-state index contributed by atoms with van der Waals surface area (Å²) in [4.78, 5) is 12.4. The lowest BCUT2D eigenvalue weighted by molar-refractivity contribution is -0.137. The number of alkyl halides is 3. The van der Waals surface area contributed by atoms with Gasteiger partial charge in [0, 0.05) is 31.5 Å². The van der Waals surface area contributed by atoms with Crippen LogP contribution in [0.5, 0.6) is 5.75 Å². The van der Waals surface area contributed by atoms with E-state index in [2.05, 4.69) is 5.32 Å². The molecule has 0 aromatic heterocycles. The molecule has 1 unspecified atom stereocenters. The highest BCUT2D eigenvalue weighted by Gasteiger charge is 2.34. The highest BCUT2D eigenvalue weighted by atomic mass is 19.4. The van der Waals surface area contributed by atoms with E-state index in [0.717, 1.165) is 12.5 Å². The van der Waals surface area contributed by atoms with Gasteiger partial charge in [0.2, 0.25) is 0 Å². The minimum Gasteiger partial charge on any atom is -0.481 e. The molecular formula is C20H29F3N2O3. The van der Waals surface area contributed by atoms with E-state index < -0.39 is 17.8 Å². The Kier molecular flexibility index (Phi) is 9.99. The molecule has 0 aliphatic heterocycles. The van der Waals surface area contributed by atoms with Gasteiger partial charge in [-0.2, -0.15) is 13.2 Å². The van der Waals surface area contributed by atoms with Crippen molar-refractivity contribution in [3.05, 3.63) is 29.3 Å². The van der Waals surface area contributed by atoms with Gasteiger partial charge in [-0.1, -0.05) is 20.8 Å². The van der Waals surface area contributed by atoms with Crippen LogP contribution in [0.3, 0.4) is 0 Å². The van der Waals surface area contributed by atoms with Gasteiger partial charge in [-0.25, -0.2) is 0 Å². The van der Waals surface area contributed by atoms with E-state index >= 15 is 0 Å². The van der Waals surface area contributed by atoms with E-state index in [1.165, 1.54) is 12.1 Å². The molecule has 0 radical (unpaired) electrons. The predicted octanol–water partition coefficient (Wildman–Crippen LogP) is 4.43. The number of hydrogen-bond acceptors (Lipinski definition) is 4. The van der Waals surface area contributed by atoms with Gasteiger partial charge in [0.05, 0.1) is 5.56 Å². The van der Waals surface area contributed by atoms with Gasteiger partial charge in [0.15, 0.2) is 6.10 Å². The molecule has 1 aromatic rings. The van der Waals surface area contributed by atoms with E-state index in [0.29, 0.717) is 38.8 Å². The summed E-state index contributed by atoms with van der Waals surface area (Å²) in [5, 5.41) is 9.88. The number of carbonyl (C=O) groups excluding carboxylic acids is 1. The molecule has 0 bridgehead atoms. The fourth-order valence-corrected chi connectivity index (χ4v) is 2.53. The number of halogens is 3. The van der Waals surface area contributed by atoms with Crippen LogP contribution in [0.25, 0.3) is 0 Å². The second-order valence-electron chi connectivity index (χ2n) is 6.88. The third kappa shape index (κ3) is 8.29. The summed E-state index contributed by atoms with van der Waals surface area (Å²) in [7, 11) is 0. The maximum atomic E-state index is 13.2. The van der Waals surface area contributed by atoms with E-state index in [4.69, 9.17) is 14.9 Å². The number of rotatable bonds is 12. The molecule has 2 N–H and O–H groups in total. The quantitative estimate of drug-likeness (QED) is 0.401. The first-order chi connectivity index (χ1) is 13.2. The van der Waals surface area contributed by atoms with Gasteiger partial charge in [0.25, 0.3) is 5.91 Å². The van der Waals surface area contributed by atoms with Crippen molar-refractivity contribution in [1.82, 2.24) is 5.32 Å². The zero-order valence-electron chi connectivity index (χ0n) is 16.6. The Labute approximate surface area is 164 Å². The number of nitrogens with one attached hydrogen (secondary N) is 2. The second-order valence-corrected chi connectivity index (χ2v) is 6.88. The number of hydrogen-bond donors (Lipinski definition) is 2. The molecule has 0 spiro atoms. The molecule has 158 valence electrons. The van der Waals surface area contributed by atoms with Crippen molar-refractivity contribution in [2.24, 2.45) is 5.92 Å². The topological polar surface area (TPSA) is 71.4 Å². The molecule has 28 heavy (non-hydrogen) atoms. The Morgan fingerprint density at radius 3 is 2.57 bits per heavy atom. The highest BCUT2D eigenvalue weighted by Crippen LogP contribution is 2.34. The molecule has 0 aliphatic carbocycles. The van der Waals surface area contributed by atoms with Crippen molar-refractivity contribution >= 4 is 12.1 Å². The van der Waals surface area contributed by atoms with Crippen molar-refractivity contribution in [1.29, 1.82) is 5.41 Å². The van der Waals surface area contributed by atoms with E-state index in [1.54, 1.807) is 0 Å². The van der Waals surface area contributed by atoms with E-state index in [1.807, 2.05) is 20.8 Å². The third-order valence-electron chi connectivity index (χ3n) is 3.86. The van der Waals surface area contributed by atoms with Crippen LogP contribution >= 0.6 is 0 Å². The first-order valence-electron chi connectivity index (χ1n) is 9.42. The number of benzene rings is 1. The predicted molar refractivity (Wildman–Crippen MR) is 102 cm³/mol. The number of ether oxygens (including phenoxy) is 2. The Morgan fingerprint density at radius 2 is 2.00 bits per heavy atom. The lowest BCUT2D eigenvalue weighted by Gasteiger charge is -2.21. The third-order valence-corrected chi connectivity index (χ3v) is 3.86. The summed E-state index contributed by atoms with van der Waals surface area (Å²) in [5.41, 5.74) is -1.21. The normalized spacial score (nSPS) is 12.7. The van der Waals surface area contributed by atoms with Crippen LogP contribution in [0.1, 0.15) is 51.2 Å². The summed E-state index contributed by atoms with van der Waals surface area (Å²) < 4.78 is 50.4. The van der Waals surface area contributed by atoms with Gasteiger partial charge in [-0.05, 0) is 43.4 Å². The first-order valence-corrected chi connectivity index (χ1v) is 9.42. The largest absolute Gasteiger partial charge is 0.481 e. The molecule has 1 rings (SSSR count). The van der Waals surface area contributed by atoms with Gasteiger partial charge in [-0.3, -0.25) is 4.79 Å². The SMILES string of the molecule is CCCOCCCNC(=O)C(CC(C)C)Oc1ccc(C=N)c(C(F)(F)F)c1. The zero-order chi connectivity index (χ0) is 21.2. The zero-order valence-corrected chi connectivity index (χ0v) is 16.6. The molecule has 0 aliphatic rings. The number of carbonyl (C=O) groups is 1. The van der Waals surface area contributed by atoms with Crippen molar-refractivity contribution < 1.29 is 27.4 Å². The minimum absolute atomic E-state index is 0.0509. The van der Waals surface area contributed by atoms with Gasteiger partial charge < -0.3 is 20.2 Å². The first kappa shape index (κ1) is 23.9. The summed E-state index contributed by atoms with van der Waals surface area (Å²) in [5.74, 6) is -0.301. The van der Waals surface area contributed by atoms with Crippen molar-refractivity contribution in [2.45, 2.75) is 52.3 Å². The molecule has 1 amide bonds. The summed E-state index contributed by atoms with van der Waals surface area (Å²) in [6, 6.07) is 3.34. The smallest absolute Gasteiger partial charge is 0.417 e. The highest BCUT2D eigenvalue weighted by molar-refractivity contribution is 5.81. The monoisotopic (exact) mass is 402 g/mol. The minimum atomic E-state index is -4.61. The van der Waals surface area contributed by atoms with Crippen molar-refractivity contribution in [2.75, 3.05) is 19.8 Å². The maximum absolute atomic E-state index is 13.2. The fraction of sp³-hybridized carbons (Fsp3) is 0.600. The molecule has 0 heterocycles. The lowest BCUT2D eigenvalue weighted by atomic mass is 10.0. The Hall–Kier alpha value is -2.09. The Bertz CT molecular complexity index is 634. The van der Waals surface area contributed by atoms with Crippen LogP contribution < -0.4 is 10.1 Å². The van der Waals surface area contributed by atoms with Crippen LogP contribution in [-0.2, 0) is 15.7 Å². The standard InChI is InChI=1S/C20H29F3N2O3/c1-4-9-27-10-5-8-25-19(26)18(11-14(2)3)28-16-7-6-15(13-24)17(12-16)20(21,22)23/h6-7,12-14,18,24H,4-5,8-11H2,1-3H3,(H,25,26). The molecule has 1 aromatic carbocycles. The molecule has 1 atom stereocenters. The van der Waals surface area contributed by atoms with Crippen LogP contribution in [0.15, 0.2) is 18.2 Å². The molecular weight excluding hydrogens is 373 g/mol. The maximum Gasteiger partial charge on any atom is 0.417 e. The van der Waals surface area contributed by atoms with Crippen molar-refractivity contribution in [3.63, 3.8) is 0 Å². The summed E-state index contributed by atoms with van der Waals surface area (Å²) >= 11 is 0. The molecule has 0 fully saturated rings. The van der Waals surface area contributed by atoms with Crippen molar-refractivity contribution in [3.8, 4) is 5.75 Å². The van der Waals surface area contributed by atoms with E-state index in [-0.39, 0.29) is 23.1 Å². The summed E-state index contributed by atoms with van der Waals surface area (Å²) in [6.45, 7) is 7.42. The summed E-state index contributed by atoms with van der Waals surface area (Å²) in [6.07, 6.45) is -2.93. The van der Waals surface area contributed by atoms with Crippen LogP contribution in [0.2, 0.25) is 0 Å². The average Bonchev–Trinajstić information content (AvgIpc) is 2.62. The van der Waals surface area contributed by atoms with Crippen LogP contribution in [-0.4, -0.2) is 38.0 Å².